The Balaban J connectivity index is 1.61. The molecule has 0 bridgehead atoms. The molecule has 2 fully saturated rings. The van der Waals surface area contributed by atoms with E-state index in [2.05, 4.69) is 19.6 Å². The van der Waals surface area contributed by atoms with Gasteiger partial charge in [0.05, 0.1) is 18.8 Å². The predicted octanol–water partition coefficient (Wildman–Crippen LogP) is 4.47. The maximum atomic E-state index is 12.3. The van der Waals surface area contributed by atoms with Crippen LogP contribution in [0.25, 0.3) is 0 Å². The lowest BCUT2D eigenvalue weighted by atomic mass is 9.47. The van der Waals surface area contributed by atoms with Gasteiger partial charge in [0.15, 0.2) is 0 Å². The van der Waals surface area contributed by atoms with Gasteiger partial charge in [-0.3, -0.25) is 0 Å². The highest BCUT2D eigenvalue weighted by Crippen LogP contribution is 2.66. The number of ether oxygens (including phenoxy) is 2. The SMILES string of the molecule is C=C1C[C@@]23COC(=O)C2=CCC[C@@H]3[C@@]2(C)C[C@H](c3ccoc3)OC=C12. The van der Waals surface area contributed by atoms with Gasteiger partial charge in [-0.15, -0.1) is 0 Å². The van der Waals surface area contributed by atoms with Gasteiger partial charge in [-0.25, -0.2) is 4.79 Å². The van der Waals surface area contributed by atoms with Crippen LogP contribution in [-0.2, 0) is 14.3 Å². The van der Waals surface area contributed by atoms with Gasteiger partial charge in [0, 0.05) is 22.0 Å². The standard InChI is InChI=1S/C21H22O4/c1-13-8-21-12-25-19(22)15(21)4-3-5-18(21)20(2)9-17(24-11-16(13)20)14-6-7-23-10-14/h4,6-7,10-11,17-18H,1,3,5,8-9,12H2,2H3/t17-,18-,20+,21-/m1/s1. The van der Waals surface area contributed by atoms with Gasteiger partial charge in [-0.05, 0) is 48.8 Å². The molecule has 4 heteroatoms. The minimum atomic E-state index is -0.212. The lowest BCUT2D eigenvalue weighted by molar-refractivity contribution is -0.135. The van der Waals surface area contributed by atoms with E-state index >= 15 is 0 Å². The van der Waals surface area contributed by atoms with Crippen molar-refractivity contribution < 1.29 is 18.7 Å². The van der Waals surface area contributed by atoms with E-state index in [-0.39, 0.29) is 22.9 Å². The molecule has 0 unspecified atom stereocenters. The summed E-state index contributed by atoms with van der Waals surface area (Å²) in [5, 5.41) is 0. The highest BCUT2D eigenvalue weighted by Gasteiger charge is 2.62. The van der Waals surface area contributed by atoms with E-state index in [4.69, 9.17) is 13.9 Å². The normalized spacial score (nSPS) is 39.4. The summed E-state index contributed by atoms with van der Waals surface area (Å²) in [6.07, 6.45) is 11.1. The molecule has 1 saturated carbocycles. The summed E-state index contributed by atoms with van der Waals surface area (Å²) in [6.45, 7) is 7.15. The van der Waals surface area contributed by atoms with Gasteiger partial charge in [0.25, 0.3) is 0 Å². The van der Waals surface area contributed by atoms with E-state index in [1.54, 1.807) is 12.5 Å². The van der Waals surface area contributed by atoms with Crippen LogP contribution >= 0.6 is 0 Å². The number of carbonyl (C=O) groups excluding carboxylic acids is 1. The number of fused-ring (bicyclic) bond motifs is 2. The molecule has 0 aromatic carbocycles. The van der Waals surface area contributed by atoms with Crippen molar-refractivity contribution in [1.82, 2.24) is 0 Å². The van der Waals surface area contributed by atoms with Crippen LogP contribution in [0.15, 0.2) is 58.6 Å². The Bertz CT molecular complexity index is 815. The minimum absolute atomic E-state index is 0.0252. The van der Waals surface area contributed by atoms with E-state index in [0.717, 1.165) is 42.4 Å². The van der Waals surface area contributed by atoms with Crippen LogP contribution < -0.4 is 0 Å². The zero-order valence-electron chi connectivity index (χ0n) is 14.4. The smallest absolute Gasteiger partial charge is 0.334 e. The molecule has 2 aliphatic carbocycles. The molecule has 4 nitrogen and oxygen atoms in total. The first-order valence-corrected chi connectivity index (χ1v) is 8.99. The summed E-state index contributed by atoms with van der Waals surface area (Å²) in [7, 11) is 0. The number of esters is 1. The van der Waals surface area contributed by atoms with Crippen LogP contribution in [-0.4, -0.2) is 12.6 Å². The lowest BCUT2D eigenvalue weighted by Crippen LogP contribution is -2.51. The van der Waals surface area contributed by atoms with Crippen molar-refractivity contribution in [3.8, 4) is 0 Å². The number of furan rings is 1. The molecule has 4 aliphatic rings. The Morgan fingerprint density at radius 2 is 2.20 bits per heavy atom. The van der Waals surface area contributed by atoms with Crippen molar-refractivity contribution in [2.75, 3.05) is 6.61 Å². The fourth-order valence-corrected chi connectivity index (χ4v) is 5.77. The highest BCUT2D eigenvalue weighted by atomic mass is 16.5. The van der Waals surface area contributed by atoms with E-state index < -0.39 is 0 Å². The molecule has 2 aliphatic heterocycles. The second-order valence-electron chi connectivity index (χ2n) is 8.09. The zero-order chi connectivity index (χ0) is 17.2. The summed E-state index contributed by atoms with van der Waals surface area (Å²) in [6, 6.07) is 1.97. The first-order valence-electron chi connectivity index (χ1n) is 8.99. The van der Waals surface area contributed by atoms with Crippen molar-refractivity contribution in [3.05, 3.63) is 59.8 Å². The molecule has 4 atom stereocenters. The molecule has 1 spiro atoms. The third-order valence-electron chi connectivity index (χ3n) is 6.86. The molecule has 1 aromatic rings. The van der Waals surface area contributed by atoms with Gasteiger partial charge in [-0.2, -0.15) is 0 Å². The molecule has 5 rings (SSSR count). The molecular weight excluding hydrogens is 316 g/mol. The van der Waals surface area contributed by atoms with Crippen LogP contribution in [0.4, 0.5) is 0 Å². The Morgan fingerprint density at radius 3 is 3.00 bits per heavy atom. The molecule has 130 valence electrons. The summed E-state index contributed by atoms with van der Waals surface area (Å²) < 4.78 is 16.8. The number of allylic oxidation sites excluding steroid dienone is 3. The van der Waals surface area contributed by atoms with Gasteiger partial charge in [0.2, 0.25) is 0 Å². The van der Waals surface area contributed by atoms with Crippen LogP contribution in [0.5, 0.6) is 0 Å². The topological polar surface area (TPSA) is 48.7 Å². The third kappa shape index (κ3) is 1.85. The molecule has 25 heavy (non-hydrogen) atoms. The van der Waals surface area contributed by atoms with Gasteiger partial charge in [0.1, 0.15) is 12.7 Å². The fourth-order valence-electron chi connectivity index (χ4n) is 5.77. The second-order valence-corrected chi connectivity index (χ2v) is 8.09. The lowest BCUT2D eigenvalue weighted by Gasteiger charge is -2.56. The predicted molar refractivity (Wildman–Crippen MR) is 91.3 cm³/mol. The number of rotatable bonds is 1. The maximum Gasteiger partial charge on any atom is 0.334 e. The maximum absolute atomic E-state index is 12.3. The second kappa shape index (κ2) is 4.90. The van der Waals surface area contributed by atoms with Crippen LogP contribution in [0.3, 0.4) is 0 Å². The number of hydrogen-bond donors (Lipinski definition) is 0. The van der Waals surface area contributed by atoms with E-state index in [9.17, 15) is 4.79 Å². The third-order valence-corrected chi connectivity index (χ3v) is 6.86. The largest absolute Gasteiger partial charge is 0.493 e. The fraction of sp³-hybridized carbons (Fsp3) is 0.476. The summed E-state index contributed by atoms with van der Waals surface area (Å²) in [4.78, 5) is 12.3. The first-order chi connectivity index (χ1) is 12.0. The highest BCUT2D eigenvalue weighted by molar-refractivity contribution is 5.93. The van der Waals surface area contributed by atoms with E-state index in [0.29, 0.717) is 12.5 Å². The van der Waals surface area contributed by atoms with Crippen molar-refractivity contribution in [1.29, 1.82) is 0 Å². The number of cyclic esters (lactones) is 1. The van der Waals surface area contributed by atoms with Crippen LogP contribution in [0.2, 0.25) is 0 Å². The Labute approximate surface area is 147 Å². The molecule has 3 heterocycles. The molecule has 0 radical (unpaired) electrons. The van der Waals surface area contributed by atoms with Crippen LogP contribution in [0.1, 0.15) is 44.3 Å². The number of hydrogen-bond acceptors (Lipinski definition) is 4. The van der Waals surface area contributed by atoms with Crippen molar-refractivity contribution in [2.45, 2.75) is 38.7 Å². The van der Waals surface area contributed by atoms with Crippen molar-refractivity contribution in [3.63, 3.8) is 0 Å². The molecule has 1 saturated heterocycles. The van der Waals surface area contributed by atoms with Gasteiger partial charge in [-0.1, -0.05) is 19.6 Å². The minimum Gasteiger partial charge on any atom is -0.493 e. The zero-order valence-corrected chi connectivity index (χ0v) is 14.4. The summed E-state index contributed by atoms with van der Waals surface area (Å²) in [5.74, 6) is 0.230. The Hall–Kier alpha value is -2.23. The quantitative estimate of drug-likeness (QED) is 0.709. The molecular formula is C21H22O4. The Kier molecular flexibility index (Phi) is 2.95. The molecule has 0 amide bonds. The first kappa shape index (κ1) is 15.1. The average molecular weight is 338 g/mol. The van der Waals surface area contributed by atoms with Crippen molar-refractivity contribution in [2.24, 2.45) is 16.7 Å². The monoisotopic (exact) mass is 338 g/mol. The Morgan fingerprint density at radius 1 is 1.32 bits per heavy atom. The number of carbonyl (C=O) groups is 1. The molecule has 1 aromatic heterocycles. The summed E-state index contributed by atoms with van der Waals surface area (Å²) in [5.41, 5.74) is 3.95. The van der Waals surface area contributed by atoms with E-state index in [1.807, 2.05) is 12.3 Å². The summed E-state index contributed by atoms with van der Waals surface area (Å²) >= 11 is 0. The van der Waals surface area contributed by atoms with Gasteiger partial charge < -0.3 is 13.9 Å². The van der Waals surface area contributed by atoms with Crippen molar-refractivity contribution >= 4 is 5.97 Å². The molecule has 0 N–H and O–H groups in total. The van der Waals surface area contributed by atoms with Gasteiger partial charge >= 0.3 is 5.97 Å². The average Bonchev–Trinajstić information content (AvgIpc) is 3.23. The van der Waals surface area contributed by atoms with E-state index in [1.165, 1.54) is 5.57 Å². The van der Waals surface area contributed by atoms with Crippen LogP contribution in [0, 0.1) is 16.7 Å².